The minimum atomic E-state index is -0.579. The second-order valence-corrected chi connectivity index (χ2v) is 3.64. The quantitative estimate of drug-likeness (QED) is 0.885. The van der Waals surface area contributed by atoms with Gasteiger partial charge in [0.2, 0.25) is 5.88 Å². The third kappa shape index (κ3) is 2.79. The zero-order valence-corrected chi connectivity index (χ0v) is 9.30. The third-order valence-electron chi connectivity index (χ3n) is 2.29. The first kappa shape index (κ1) is 11.5. The van der Waals surface area contributed by atoms with Crippen LogP contribution in [0.2, 0.25) is 0 Å². The zero-order valence-electron chi connectivity index (χ0n) is 9.30. The molecule has 1 heterocycles. The highest BCUT2D eigenvalue weighted by atomic mass is 19.1. The number of pyridine rings is 1. The minimum absolute atomic E-state index is 0.129. The maximum atomic E-state index is 13.3. The molecule has 0 spiro atoms. The lowest BCUT2D eigenvalue weighted by Gasteiger charge is -2.07. The van der Waals surface area contributed by atoms with Crippen LogP contribution in [0.15, 0.2) is 42.6 Å². The highest BCUT2D eigenvalue weighted by Crippen LogP contribution is 2.23. The molecule has 1 atom stereocenters. The first-order chi connectivity index (χ1) is 8.16. The summed E-state index contributed by atoms with van der Waals surface area (Å²) in [5.74, 6) is -0.0156. The van der Waals surface area contributed by atoms with Crippen LogP contribution >= 0.6 is 0 Å². The smallest absolute Gasteiger partial charge is 0.219 e. The molecule has 1 aromatic heterocycles. The molecule has 2 rings (SSSR count). The van der Waals surface area contributed by atoms with Crippen LogP contribution in [0.25, 0.3) is 0 Å². The van der Waals surface area contributed by atoms with E-state index in [9.17, 15) is 9.50 Å². The van der Waals surface area contributed by atoms with Crippen LogP contribution in [0, 0.1) is 5.82 Å². The molecule has 88 valence electrons. The number of benzene rings is 1. The Morgan fingerprint density at radius 3 is 2.59 bits per heavy atom. The van der Waals surface area contributed by atoms with Gasteiger partial charge in [-0.3, -0.25) is 0 Å². The van der Waals surface area contributed by atoms with Crippen LogP contribution in [0.3, 0.4) is 0 Å². The average molecular weight is 233 g/mol. The summed E-state index contributed by atoms with van der Waals surface area (Å²) in [5, 5.41) is 9.31. The number of rotatable bonds is 3. The van der Waals surface area contributed by atoms with E-state index < -0.39 is 11.9 Å². The van der Waals surface area contributed by atoms with Crippen LogP contribution in [-0.2, 0) is 0 Å². The second-order valence-electron chi connectivity index (χ2n) is 3.64. The summed E-state index contributed by atoms with van der Waals surface area (Å²) < 4.78 is 18.6. The van der Waals surface area contributed by atoms with Gasteiger partial charge in [-0.25, -0.2) is 9.37 Å². The third-order valence-corrected chi connectivity index (χ3v) is 2.29. The maximum absolute atomic E-state index is 13.3. The van der Waals surface area contributed by atoms with E-state index >= 15 is 0 Å². The van der Waals surface area contributed by atoms with Crippen LogP contribution < -0.4 is 4.74 Å². The van der Waals surface area contributed by atoms with Crippen molar-refractivity contribution >= 4 is 0 Å². The summed E-state index contributed by atoms with van der Waals surface area (Å²) >= 11 is 0. The summed E-state index contributed by atoms with van der Waals surface area (Å²) in [6, 6.07) is 9.40. The lowest BCUT2D eigenvalue weighted by Crippen LogP contribution is -1.94. The second kappa shape index (κ2) is 4.93. The molecule has 0 aliphatic carbocycles. The predicted molar refractivity (Wildman–Crippen MR) is 61.3 cm³/mol. The Morgan fingerprint density at radius 2 is 2.00 bits per heavy atom. The van der Waals surface area contributed by atoms with E-state index in [0.717, 1.165) is 0 Å². The lowest BCUT2D eigenvalue weighted by atomic mass is 10.2. The Bertz CT molecular complexity index is 497. The fourth-order valence-electron chi connectivity index (χ4n) is 1.34. The molecule has 4 heteroatoms. The number of aromatic nitrogens is 1. The fourth-order valence-corrected chi connectivity index (χ4v) is 1.34. The van der Waals surface area contributed by atoms with E-state index in [1.54, 1.807) is 31.2 Å². The normalized spacial score (nSPS) is 12.2. The fraction of sp³-hybridized carbons (Fsp3) is 0.154. The number of hydrogen-bond donors (Lipinski definition) is 1. The summed E-state index contributed by atoms with van der Waals surface area (Å²) in [6.45, 7) is 1.65. The van der Waals surface area contributed by atoms with Crippen LogP contribution in [0.1, 0.15) is 18.6 Å². The number of ether oxygens (including phenoxy) is 1. The van der Waals surface area contributed by atoms with Gasteiger partial charge in [-0.2, -0.15) is 0 Å². The Hall–Kier alpha value is -1.94. The van der Waals surface area contributed by atoms with Gasteiger partial charge >= 0.3 is 0 Å². The Morgan fingerprint density at radius 1 is 1.24 bits per heavy atom. The summed E-state index contributed by atoms with van der Waals surface area (Å²) in [6.07, 6.45) is 0.922. The van der Waals surface area contributed by atoms with Crippen LogP contribution in [0.5, 0.6) is 11.6 Å². The van der Waals surface area contributed by atoms with Crippen LogP contribution in [-0.4, -0.2) is 10.1 Å². The molecule has 2 aromatic rings. The van der Waals surface area contributed by atoms with E-state index in [1.165, 1.54) is 18.3 Å². The van der Waals surface area contributed by atoms with E-state index in [-0.39, 0.29) is 5.75 Å². The maximum Gasteiger partial charge on any atom is 0.219 e. The predicted octanol–water partition coefficient (Wildman–Crippen LogP) is 3.07. The van der Waals surface area contributed by atoms with Crippen molar-refractivity contribution in [1.82, 2.24) is 4.98 Å². The largest absolute Gasteiger partial charge is 0.436 e. The average Bonchev–Trinajstić information content (AvgIpc) is 2.33. The molecule has 1 aromatic carbocycles. The molecule has 0 aliphatic rings. The standard InChI is InChI=1S/C13H12FNO2/c1-9(16)10-6-7-13(15-8-10)17-12-5-3-2-4-11(12)14/h2-9,16H,1H3. The molecule has 0 fully saturated rings. The SMILES string of the molecule is CC(O)c1ccc(Oc2ccccc2F)nc1. The molecule has 1 N–H and O–H groups in total. The van der Waals surface area contributed by atoms with Crippen molar-refractivity contribution in [3.63, 3.8) is 0 Å². The van der Waals surface area contributed by atoms with Gasteiger partial charge in [-0.05, 0) is 30.7 Å². The van der Waals surface area contributed by atoms with Gasteiger partial charge in [-0.1, -0.05) is 12.1 Å². The molecular weight excluding hydrogens is 221 g/mol. The number of nitrogens with zero attached hydrogens (tertiary/aromatic N) is 1. The monoisotopic (exact) mass is 233 g/mol. The molecule has 0 saturated carbocycles. The van der Waals surface area contributed by atoms with Crippen molar-refractivity contribution in [2.75, 3.05) is 0 Å². The topological polar surface area (TPSA) is 42.4 Å². The Labute approximate surface area is 98.5 Å². The molecule has 0 amide bonds. The zero-order chi connectivity index (χ0) is 12.3. The van der Waals surface area contributed by atoms with Gasteiger partial charge in [0.25, 0.3) is 0 Å². The number of aliphatic hydroxyl groups excluding tert-OH is 1. The van der Waals surface area contributed by atoms with Gasteiger partial charge in [0, 0.05) is 12.3 Å². The van der Waals surface area contributed by atoms with Gasteiger partial charge < -0.3 is 9.84 Å². The molecule has 0 aliphatic heterocycles. The highest BCUT2D eigenvalue weighted by Gasteiger charge is 2.05. The van der Waals surface area contributed by atoms with Crippen molar-refractivity contribution in [1.29, 1.82) is 0 Å². The number of halogens is 1. The van der Waals surface area contributed by atoms with Crippen molar-refractivity contribution < 1.29 is 14.2 Å². The van der Waals surface area contributed by atoms with Crippen molar-refractivity contribution in [3.05, 3.63) is 54.0 Å². The first-order valence-electron chi connectivity index (χ1n) is 5.23. The minimum Gasteiger partial charge on any atom is -0.436 e. The lowest BCUT2D eigenvalue weighted by molar-refractivity contribution is 0.198. The Balaban J connectivity index is 2.17. The van der Waals surface area contributed by atoms with E-state index in [0.29, 0.717) is 11.4 Å². The summed E-state index contributed by atoms with van der Waals surface area (Å²) in [7, 11) is 0. The van der Waals surface area contributed by atoms with Crippen molar-refractivity contribution in [3.8, 4) is 11.6 Å². The summed E-state index contributed by atoms with van der Waals surface area (Å²) in [4.78, 5) is 3.99. The first-order valence-corrected chi connectivity index (χ1v) is 5.23. The van der Waals surface area contributed by atoms with Gasteiger partial charge in [0.05, 0.1) is 6.10 Å². The number of aliphatic hydroxyl groups is 1. The summed E-state index contributed by atoms with van der Waals surface area (Å²) in [5.41, 5.74) is 0.686. The highest BCUT2D eigenvalue weighted by molar-refractivity contribution is 5.29. The van der Waals surface area contributed by atoms with Gasteiger partial charge in [0.1, 0.15) is 0 Å². The van der Waals surface area contributed by atoms with E-state index in [1.807, 2.05) is 0 Å². The number of hydrogen-bond acceptors (Lipinski definition) is 3. The molecule has 0 saturated heterocycles. The Kier molecular flexibility index (Phi) is 3.35. The number of para-hydroxylation sites is 1. The molecule has 3 nitrogen and oxygen atoms in total. The molecule has 1 unspecified atom stereocenters. The molecule has 17 heavy (non-hydrogen) atoms. The van der Waals surface area contributed by atoms with Gasteiger partial charge in [-0.15, -0.1) is 0 Å². The molecule has 0 bridgehead atoms. The molecule has 0 radical (unpaired) electrons. The van der Waals surface area contributed by atoms with Gasteiger partial charge in [0.15, 0.2) is 11.6 Å². The van der Waals surface area contributed by atoms with Crippen LogP contribution in [0.4, 0.5) is 4.39 Å². The van der Waals surface area contributed by atoms with E-state index in [4.69, 9.17) is 4.74 Å². The molecular formula is C13H12FNO2. The van der Waals surface area contributed by atoms with E-state index in [2.05, 4.69) is 4.98 Å². The van der Waals surface area contributed by atoms with Crippen molar-refractivity contribution in [2.45, 2.75) is 13.0 Å². The van der Waals surface area contributed by atoms with Crippen molar-refractivity contribution in [2.24, 2.45) is 0 Å².